The van der Waals surface area contributed by atoms with Gasteiger partial charge >= 0.3 is 0 Å². The summed E-state index contributed by atoms with van der Waals surface area (Å²) >= 11 is 0. The first-order valence-electron chi connectivity index (χ1n) is 4.04. The van der Waals surface area contributed by atoms with Crippen LogP contribution >= 0.6 is 12.4 Å². The summed E-state index contributed by atoms with van der Waals surface area (Å²) in [7, 11) is 0. The van der Waals surface area contributed by atoms with E-state index < -0.39 is 0 Å². The maximum absolute atomic E-state index is 8.66. The number of halogens is 1. The highest BCUT2D eigenvalue weighted by Gasteiger charge is 2.05. The van der Waals surface area contributed by atoms with E-state index in [1.54, 1.807) is 0 Å². The summed E-state index contributed by atoms with van der Waals surface area (Å²) in [6, 6.07) is 5.59. The van der Waals surface area contributed by atoms with Gasteiger partial charge in [0.05, 0.1) is 5.69 Å². The summed E-state index contributed by atoms with van der Waals surface area (Å²) in [5, 5.41) is 8.66. The van der Waals surface area contributed by atoms with Crippen molar-refractivity contribution in [3.8, 4) is 0 Å². The molecule has 74 valence electrons. The van der Waals surface area contributed by atoms with Gasteiger partial charge in [-0.05, 0) is 25.5 Å². The smallest absolute Gasteiger partial charge is 0.0575 e. The van der Waals surface area contributed by atoms with E-state index >= 15 is 0 Å². The molecule has 0 aromatic carbocycles. The first-order valence-corrected chi connectivity index (χ1v) is 4.04. The molecule has 4 heteroatoms. The van der Waals surface area contributed by atoms with E-state index in [1.807, 2.05) is 25.1 Å². The predicted octanol–water partition coefficient (Wildman–Crippen LogP) is 1.19. The maximum atomic E-state index is 8.66. The lowest BCUT2D eigenvalue weighted by Crippen LogP contribution is -2.13. The van der Waals surface area contributed by atoms with Crippen molar-refractivity contribution >= 4 is 12.4 Å². The molecule has 0 unspecified atom stereocenters. The summed E-state index contributed by atoms with van der Waals surface area (Å²) in [5.74, 6) is 0. The van der Waals surface area contributed by atoms with E-state index in [-0.39, 0.29) is 25.1 Å². The number of rotatable bonds is 3. The number of aliphatic hydroxyl groups is 1. The van der Waals surface area contributed by atoms with Gasteiger partial charge in [0.25, 0.3) is 0 Å². The number of aromatic nitrogens is 1. The Morgan fingerprint density at radius 3 is 2.77 bits per heavy atom. The van der Waals surface area contributed by atoms with E-state index in [1.165, 1.54) is 0 Å². The van der Waals surface area contributed by atoms with Crippen molar-refractivity contribution in [1.82, 2.24) is 4.98 Å². The molecule has 0 spiro atoms. The maximum Gasteiger partial charge on any atom is 0.0575 e. The minimum Gasteiger partial charge on any atom is -0.396 e. The van der Waals surface area contributed by atoms with Gasteiger partial charge in [-0.2, -0.15) is 0 Å². The van der Waals surface area contributed by atoms with E-state index in [4.69, 9.17) is 10.8 Å². The molecule has 1 atom stereocenters. The molecular formula is C9H15ClN2O. The summed E-state index contributed by atoms with van der Waals surface area (Å²) in [6.45, 7) is 2.03. The number of hydrogen-bond acceptors (Lipinski definition) is 3. The molecule has 0 aliphatic rings. The van der Waals surface area contributed by atoms with Crippen molar-refractivity contribution in [2.45, 2.75) is 19.4 Å². The fraction of sp³-hybridized carbons (Fsp3) is 0.444. The normalized spacial score (nSPS) is 11.9. The molecule has 1 aromatic rings. The van der Waals surface area contributed by atoms with Crippen LogP contribution in [0.2, 0.25) is 0 Å². The van der Waals surface area contributed by atoms with E-state index in [2.05, 4.69) is 4.98 Å². The Kier molecular flexibility index (Phi) is 5.62. The Hall–Kier alpha value is -0.640. The molecule has 1 rings (SSSR count). The van der Waals surface area contributed by atoms with Gasteiger partial charge in [-0.3, -0.25) is 4.98 Å². The lowest BCUT2D eigenvalue weighted by atomic mass is 10.1. The second kappa shape index (κ2) is 5.91. The van der Waals surface area contributed by atoms with Crippen LogP contribution in [0.5, 0.6) is 0 Å². The zero-order chi connectivity index (χ0) is 8.97. The van der Waals surface area contributed by atoms with Crippen LogP contribution in [0.25, 0.3) is 0 Å². The van der Waals surface area contributed by atoms with Gasteiger partial charge in [0.1, 0.15) is 0 Å². The zero-order valence-electron chi connectivity index (χ0n) is 7.60. The van der Waals surface area contributed by atoms with Crippen molar-refractivity contribution in [3.63, 3.8) is 0 Å². The number of aryl methyl sites for hydroxylation is 1. The molecule has 0 amide bonds. The lowest BCUT2D eigenvalue weighted by Gasteiger charge is -2.08. The number of aliphatic hydroxyl groups excluding tert-OH is 1. The number of nitrogens with two attached hydrogens (primary N) is 1. The van der Waals surface area contributed by atoms with Gasteiger partial charge in [-0.25, -0.2) is 0 Å². The van der Waals surface area contributed by atoms with Gasteiger partial charge in [0, 0.05) is 18.3 Å². The molecular weight excluding hydrogens is 188 g/mol. The molecule has 0 fully saturated rings. The van der Waals surface area contributed by atoms with E-state index in [0.29, 0.717) is 6.42 Å². The van der Waals surface area contributed by atoms with Gasteiger partial charge < -0.3 is 10.8 Å². The Labute approximate surface area is 84.4 Å². The quantitative estimate of drug-likeness (QED) is 0.775. The monoisotopic (exact) mass is 202 g/mol. The first kappa shape index (κ1) is 12.4. The second-order valence-electron chi connectivity index (χ2n) is 2.82. The Balaban J connectivity index is 0.00000144. The highest BCUT2D eigenvalue weighted by Crippen LogP contribution is 2.10. The predicted molar refractivity (Wildman–Crippen MR) is 54.9 cm³/mol. The zero-order valence-corrected chi connectivity index (χ0v) is 8.42. The highest BCUT2D eigenvalue weighted by molar-refractivity contribution is 5.85. The minimum absolute atomic E-state index is 0. The van der Waals surface area contributed by atoms with Crippen LogP contribution in [0, 0.1) is 6.92 Å². The van der Waals surface area contributed by atoms with E-state index in [9.17, 15) is 0 Å². The van der Waals surface area contributed by atoms with Gasteiger partial charge in [0.15, 0.2) is 0 Å². The average Bonchev–Trinajstić information content (AvgIpc) is 2.05. The Morgan fingerprint density at radius 1 is 1.54 bits per heavy atom. The van der Waals surface area contributed by atoms with Crippen LogP contribution in [0.1, 0.15) is 23.9 Å². The van der Waals surface area contributed by atoms with Crippen molar-refractivity contribution in [1.29, 1.82) is 0 Å². The molecule has 0 saturated carbocycles. The molecule has 3 nitrogen and oxygen atoms in total. The van der Waals surface area contributed by atoms with Crippen LogP contribution in [0.4, 0.5) is 0 Å². The molecule has 1 heterocycles. The van der Waals surface area contributed by atoms with Crippen LogP contribution in [0.3, 0.4) is 0 Å². The minimum atomic E-state index is -0.144. The Bertz CT molecular complexity index is 255. The number of nitrogens with zero attached hydrogens (tertiary/aromatic N) is 1. The van der Waals surface area contributed by atoms with Gasteiger partial charge in [-0.1, -0.05) is 6.07 Å². The third kappa shape index (κ3) is 3.72. The molecule has 3 N–H and O–H groups in total. The summed E-state index contributed by atoms with van der Waals surface area (Å²) in [6.07, 6.45) is 0.566. The summed E-state index contributed by atoms with van der Waals surface area (Å²) in [5.41, 5.74) is 7.56. The summed E-state index contributed by atoms with van der Waals surface area (Å²) < 4.78 is 0. The van der Waals surface area contributed by atoms with Crippen LogP contribution in [-0.2, 0) is 0 Å². The van der Waals surface area contributed by atoms with Crippen LogP contribution < -0.4 is 5.73 Å². The molecule has 0 bridgehead atoms. The molecule has 0 aliphatic carbocycles. The molecule has 1 aromatic heterocycles. The third-order valence-electron chi connectivity index (χ3n) is 1.73. The highest BCUT2D eigenvalue weighted by atomic mass is 35.5. The van der Waals surface area contributed by atoms with Crippen molar-refractivity contribution in [2.24, 2.45) is 5.73 Å². The average molecular weight is 203 g/mol. The van der Waals surface area contributed by atoms with Crippen molar-refractivity contribution < 1.29 is 5.11 Å². The van der Waals surface area contributed by atoms with Gasteiger partial charge in [0.2, 0.25) is 0 Å². The fourth-order valence-corrected chi connectivity index (χ4v) is 1.06. The van der Waals surface area contributed by atoms with Crippen LogP contribution in [0.15, 0.2) is 18.2 Å². The molecule has 13 heavy (non-hydrogen) atoms. The van der Waals surface area contributed by atoms with Crippen molar-refractivity contribution in [2.75, 3.05) is 6.61 Å². The summed E-state index contributed by atoms with van der Waals surface area (Å²) in [4.78, 5) is 4.26. The molecule has 0 aliphatic heterocycles. The Morgan fingerprint density at radius 2 is 2.23 bits per heavy atom. The number of pyridine rings is 1. The van der Waals surface area contributed by atoms with E-state index in [0.717, 1.165) is 11.4 Å². The lowest BCUT2D eigenvalue weighted by molar-refractivity contribution is 0.275. The van der Waals surface area contributed by atoms with Crippen LogP contribution in [-0.4, -0.2) is 16.7 Å². The first-order chi connectivity index (χ1) is 5.74. The van der Waals surface area contributed by atoms with Gasteiger partial charge in [-0.15, -0.1) is 12.4 Å². The molecule has 0 radical (unpaired) electrons. The SMILES string of the molecule is Cc1cccc([C@H](N)CCO)n1.Cl. The van der Waals surface area contributed by atoms with Crippen molar-refractivity contribution in [3.05, 3.63) is 29.6 Å². The number of hydrogen-bond donors (Lipinski definition) is 2. The third-order valence-corrected chi connectivity index (χ3v) is 1.73. The largest absolute Gasteiger partial charge is 0.396 e. The molecule has 0 saturated heterocycles. The topological polar surface area (TPSA) is 59.1 Å². The fourth-order valence-electron chi connectivity index (χ4n) is 1.06. The second-order valence-corrected chi connectivity index (χ2v) is 2.82. The standard InChI is InChI=1S/C9H14N2O.ClH/c1-7-3-2-4-9(11-7)8(10)5-6-12;/h2-4,8,12H,5-6,10H2,1H3;1H/t8-;/m1./s1.